The molecule has 0 radical (unpaired) electrons. The van der Waals surface area contributed by atoms with Crippen molar-refractivity contribution in [1.29, 1.82) is 0 Å². The number of hydrogen-bond acceptors (Lipinski definition) is 5. The van der Waals surface area contributed by atoms with Gasteiger partial charge in [0.1, 0.15) is 6.73 Å². The van der Waals surface area contributed by atoms with Crippen LogP contribution in [0.15, 0.2) is 34.8 Å². The van der Waals surface area contributed by atoms with E-state index in [1.165, 1.54) is 11.3 Å². The number of ether oxygens (including phenoxy) is 1. The molecule has 0 saturated carbocycles. The molecule has 0 unspecified atom stereocenters. The van der Waals surface area contributed by atoms with Crippen molar-refractivity contribution in [2.75, 3.05) is 7.11 Å². The van der Waals surface area contributed by atoms with Gasteiger partial charge in [-0.2, -0.15) is 0 Å². The topological polar surface area (TPSA) is 59.6 Å². The lowest BCUT2D eigenvalue weighted by atomic mass is 10.3. The van der Waals surface area contributed by atoms with Gasteiger partial charge < -0.3 is 9.84 Å². The Morgan fingerprint density at radius 3 is 3.18 bits per heavy atom. The summed E-state index contributed by atoms with van der Waals surface area (Å²) in [6, 6.07) is 5.39. The second kappa shape index (κ2) is 5.72. The third-order valence-electron chi connectivity index (χ3n) is 2.09. The van der Waals surface area contributed by atoms with Gasteiger partial charge in [0.25, 0.3) is 0 Å². The molecule has 1 N–H and O–H groups in total. The van der Waals surface area contributed by atoms with E-state index in [1.807, 2.05) is 22.2 Å². The zero-order valence-corrected chi connectivity index (χ0v) is 10.2. The molecule has 0 aliphatic heterocycles. The Kier molecular flexibility index (Phi) is 4.03. The van der Waals surface area contributed by atoms with Gasteiger partial charge in [0.05, 0.1) is 12.3 Å². The summed E-state index contributed by atoms with van der Waals surface area (Å²) in [5.41, 5.74) is 0.612. The number of hydrogen-bond donors (Lipinski definition) is 1. The molecule has 0 saturated heterocycles. The largest absolute Gasteiger partial charge is 0.390 e. The molecule has 0 aliphatic carbocycles. The van der Waals surface area contributed by atoms with Crippen molar-refractivity contribution in [3.05, 3.63) is 40.3 Å². The van der Waals surface area contributed by atoms with E-state index in [9.17, 15) is 0 Å². The summed E-state index contributed by atoms with van der Waals surface area (Å²) in [5, 5.41) is 10.9. The molecule has 90 valence electrons. The molecule has 2 rings (SSSR count). The van der Waals surface area contributed by atoms with Crippen LogP contribution in [0.2, 0.25) is 0 Å². The quantitative estimate of drug-likeness (QED) is 0.890. The molecule has 17 heavy (non-hydrogen) atoms. The summed E-state index contributed by atoms with van der Waals surface area (Å²) >= 11 is 1.51. The number of rotatable bonds is 4. The normalized spacial score (nSPS) is 12.0. The summed E-state index contributed by atoms with van der Waals surface area (Å²) < 4.78 is 6.95. The average Bonchev–Trinajstić information content (AvgIpc) is 2.78. The summed E-state index contributed by atoms with van der Waals surface area (Å²) in [4.78, 5) is 9.43. The van der Waals surface area contributed by atoms with Crippen LogP contribution in [-0.2, 0) is 18.1 Å². The highest BCUT2D eigenvalue weighted by atomic mass is 32.1. The van der Waals surface area contributed by atoms with Gasteiger partial charge in [0.15, 0.2) is 10.6 Å². The minimum absolute atomic E-state index is 0.0775. The second-order valence-corrected chi connectivity index (χ2v) is 4.20. The number of aromatic nitrogens is 2. The van der Waals surface area contributed by atoms with E-state index < -0.39 is 0 Å². The van der Waals surface area contributed by atoms with E-state index in [0.717, 1.165) is 4.80 Å². The van der Waals surface area contributed by atoms with Crippen molar-refractivity contribution in [3.63, 3.8) is 0 Å². The molecule has 0 spiro atoms. The molecule has 0 aromatic carbocycles. The van der Waals surface area contributed by atoms with Crippen LogP contribution in [0, 0.1) is 0 Å². The monoisotopic (exact) mass is 251 g/mol. The third kappa shape index (κ3) is 3.00. The van der Waals surface area contributed by atoms with Crippen LogP contribution in [0.3, 0.4) is 0 Å². The van der Waals surface area contributed by atoms with Gasteiger partial charge in [-0.3, -0.25) is 4.57 Å². The minimum Gasteiger partial charge on any atom is -0.390 e. The molecule has 0 aliphatic rings. The fourth-order valence-electron chi connectivity index (χ4n) is 1.34. The van der Waals surface area contributed by atoms with Crippen molar-refractivity contribution in [3.8, 4) is 0 Å². The molecule has 0 fully saturated rings. The van der Waals surface area contributed by atoms with Gasteiger partial charge in [0.2, 0.25) is 0 Å². The number of methoxy groups -OCH3 is 1. The predicted molar refractivity (Wildman–Crippen MR) is 64.7 cm³/mol. The summed E-state index contributed by atoms with van der Waals surface area (Å²) in [6.07, 6.45) is 1.91. The zero-order valence-electron chi connectivity index (χ0n) is 9.41. The minimum atomic E-state index is -0.0775. The Labute approximate surface area is 103 Å². The molecule has 0 atom stereocenters. The van der Waals surface area contributed by atoms with Crippen molar-refractivity contribution in [1.82, 2.24) is 9.55 Å². The fourth-order valence-corrected chi connectivity index (χ4v) is 2.06. The highest BCUT2D eigenvalue weighted by molar-refractivity contribution is 7.07. The van der Waals surface area contributed by atoms with Crippen LogP contribution in [0.25, 0.3) is 0 Å². The average molecular weight is 251 g/mol. The molecule has 0 bridgehead atoms. The summed E-state index contributed by atoms with van der Waals surface area (Å²) in [5.74, 6) is 0.587. The van der Waals surface area contributed by atoms with Crippen molar-refractivity contribution >= 4 is 17.2 Å². The Morgan fingerprint density at radius 2 is 2.41 bits per heavy atom. The first-order chi connectivity index (χ1) is 8.33. The van der Waals surface area contributed by atoms with Gasteiger partial charge in [0, 0.05) is 18.7 Å². The first kappa shape index (κ1) is 12.0. The van der Waals surface area contributed by atoms with E-state index in [1.54, 1.807) is 19.2 Å². The molecule has 5 nitrogen and oxygen atoms in total. The Balaban J connectivity index is 2.36. The van der Waals surface area contributed by atoms with Crippen LogP contribution in [0.4, 0.5) is 5.82 Å². The zero-order chi connectivity index (χ0) is 12.1. The number of nitrogens with zero attached hydrogens (tertiary/aromatic N) is 3. The molecule has 2 aromatic heterocycles. The first-order valence-electron chi connectivity index (χ1n) is 5.08. The lowest BCUT2D eigenvalue weighted by Crippen LogP contribution is -2.14. The van der Waals surface area contributed by atoms with Gasteiger partial charge in [-0.15, -0.1) is 11.3 Å². The number of aliphatic hydroxyl groups is 1. The SMILES string of the molecule is COCn1ccs/c1=N\c1cccc(CO)n1. The molecule has 0 amide bonds. The van der Waals surface area contributed by atoms with E-state index in [4.69, 9.17) is 9.84 Å². The fraction of sp³-hybridized carbons (Fsp3) is 0.273. The van der Waals surface area contributed by atoms with E-state index >= 15 is 0 Å². The first-order valence-corrected chi connectivity index (χ1v) is 5.96. The smallest absolute Gasteiger partial charge is 0.193 e. The Hall–Kier alpha value is -1.50. The lowest BCUT2D eigenvalue weighted by Gasteiger charge is -2.00. The highest BCUT2D eigenvalue weighted by Crippen LogP contribution is 2.08. The van der Waals surface area contributed by atoms with Crippen LogP contribution in [-0.4, -0.2) is 21.8 Å². The van der Waals surface area contributed by atoms with Crippen LogP contribution in [0.1, 0.15) is 5.69 Å². The van der Waals surface area contributed by atoms with Crippen LogP contribution < -0.4 is 4.80 Å². The molecule has 2 aromatic rings. The maximum atomic E-state index is 9.00. The molecular weight excluding hydrogens is 238 g/mol. The number of pyridine rings is 1. The van der Waals surface area contributed by atoms with E-state index in [2.05, 4.69) is 9.98 Å². The highest BCUT2D eigenvalue weighted by Gasteiger charge is 1.97. The Bertz CT molecular complexity index is 547. The second-order valence-electron chi connectivity index (χ2n) is 3.33. The van der Waals surface area contributed by atoms with Crippen molar-refractivity contribution in [2.45, 2.75) is 13.3 Å². The molecular formula is C11H13N3O2S. The van der Waals surface area contributed by atoms with Crippen molar-refractivity contribution in [2.24, 2.45) is 4.99 Å². The maximum Gasteiger partial charge on any atom is 0.193 e. The van der Waals surface area contributed by atoms with Gasteiger partial charge >= 0.3 is 0 Å². The van der Waals surface area contributed by atoms with Crippen molar-refractivity contribution < 1.29 is 9.84 Å². The number of thiazole rings is 1. The molecule has 6 heteroatoms. The van der Waals surface area contributed by atoms with Crippen LogP contribution in [0.5, 0.6) is 0 Å². The van der Waals surface area contributed by atoms with E-state index in [0.29, 0.717) is 18.2 Å². The van der Waals surface area contributed by atoms with E-state index in [-0.39, 0.29) is 6.61 Å². The molecule has 2 heterocycles. The maximum absolute atomic E-state index is 9.00. The third-order valence-corrected chi connectivity index (χ3v) is 2.89. The van der Waals surface area contributed by atoms with Gasteiger partial charge in [-0.1, -0.05) is 6.07 Å². The predicted octanol–water partition coefficient (Wildman–Crippen LogP) is 1.27. The summed E-state index contributed by atoms with van der Waals surface area (Å²) in [6.45, 7) is 0.383. The van der Waals surface area contributed by atoms with Gasteiger partial charge in [-0.25, -0.2) is 9.98 Å². The lowest BCUT2D eigenvalue weighted by molar-refractivity contribution is 0.129. The standard InChI is InChI=1S/C11H13N3O2S/c1-16-8-14-5-6-17-11(14)13-10-4-2-3-9(7-15)12-10/h2-6,15H,7-8H2,1H3/b13-11-. The van der Waals surface area contributed by atoms with Crippen LogP contribution >= 0.6 is 11.3 Å². The Morgan fingerprint density at radius 1 is 1.53 bits per heavy atom. The van der Waals surface area contributed by atoms with Gasteiger partial charge in [-0.05, 0) is 12.1 Å². The number of aliphatic hydroxyl groups excluding tert-OH is 1. The summed E-state index contributed by atoms with van der Waals surface area (Å²) in [7, 11) is 1.64.